The number of nitrogens with zero attached hydrogens (tertiary/aromatic N) is 1. The molecule has 1 atom stereocenters. The average molecular weight is 402 g/mol. The molecule has 7 nitrogen and oxygen atoms in total. The summed E-state index contributed by atoms with van der Waals surface area (Å²) in [6, 6.07) is 13.7. The maximum Gasteiger partial charge on any atom is 0.240 e. The Kier molecular flexibility index (Phi) is 5.81. The van der Waals surface area contributed by atoms with Gasteiger partial charge in [0.05, 0.1) is 17.7 Å². The number of hydrogen-bond donors (Lipinski definition) is 1. The van der Waals surface area contributed by atoms with Crippen molar-refractivity contribution in [2.45, 2.75) is 30.6 Å². The largest absolute Gasteiger partial charge is 0.495 e. The second-order valence-electron chi connectivity index (χ2n) is 6.62. The fourth-order valence-corrected chi connectivity index (χ4v) is 4.22. The van der Waals surface area contributed by atoms with Crippen LogP contribution in [0.1, 0.15) is 31.2 Å². The minimum absolute atomic E-state index is 0.0181. The van der Waals surface area contributed by atoms with Crippen molar-refractivity contribution in [1.82, 2.24) is 4.72 Å². The first kappa shape index (κ1) is 20.0. The molecular weight excluding hydrogens is 380 g/mol. The van der Waals surface area contributed by atoms with E-state index in [0.29, 0.717) is 0 Å². The summed E-state index contributed by atoms with van der Waals surface area (Å²) in [5.74, 6) is -0.498. The third-order valence-corrected chi connectivity index (χ3v) is 6.12. The van der Waals surface area contributed by atoms with Crippen LogP contribution in [0.4, 0.5) is 5.69 Å². The van der Waals surface area contributed by atoms with Crippen LogP contribution in [0.3, 0.4) is 0 Å². The van der Waals surface area contributed by atoms with Gasteiger partial charge in [0.1, 0.15) is 5.75 Å². The number of ether oxygens (including phenoxy) is 1. The number of carbonyl (C=O) groups is 2. The number of hydrogen-bond acceptors (Lipinski definition) is 5. The van der Waals surface area contributed by atoms with Gasteiger partial charge in [-0.25, -0.2) is 18.0 Å². The number of carbonyl (C=O) groups excluding carboxylic acids is 2. The number of anilines is 1. The van der Waals surface area contributed by atoms with E-state index in [2.05, 4.69) is 4.72 Å². The summed E-state index contributed by atoms with van der Waals surface area (Å²) in [7, 11) is -2.43. The van der Waals surface area contributed by atoms with Crippen molar-refractivity contribution >= 4 is 27.5 Å². The van der Waals surface area contributed by atoms with Gasteiger partial charge in [0, 0.05) is 19.4 Å². The van der Waals surface area contributed by atoms with Gasteiger partial charge in [-0.3, -0.25) is 9.59 Å². The standard InChI is InChI=1S/C20H22N2O5S/c1-14(15-6-4-3-5-7-15)13-21-28(25,26)16-8-9-18(27-2)17(12-16)22-19(23)10-11-20(22)24/h3-9,12,14,21H,10-11,13H2,1-2H3/t14-/m0/s1. The van der Waals surface area contributed by atoms with Crippen molar-refractivity contribution in [1.29, 1.82) is 0 Å². The minimum Gasteiger partial charge on any atom is -0.495 e. The van der Waals surface area contributed by atoms with Gasteiger partial charge >= 0.3 is 0 Å². The molecule has 0 radical (unpaired) electrons. The zero-order chi connectivity index (χ0) is 20.3. The van der Waals surface area contributed by atoms with Crippen LogP contribution in [0.5, 0.6) is 5.75 Å². The van der Waals surface area contributed by atoms with E-state index in [-0.39, 0.29) is 53.5 Å². The van der Waals surface area contributed by atoms with E-state index >= 15 is 0 Å². The molecule has 28 heavy (non-hydrogen) atoms. The topological polar surface area (TPSA) is 92.8 Å². The lowest BCUT2D eigenvalue weighted by Gasteiger charge is -2.19. The normalized spacial score (nSPS) is 15.7. The van der Waals surface area contributed by atoms with Crippen LogP contribution in [-0.4, -0.2) is 33.9 Å². The molecule has 148 valence electrons. The SMILES string of the molecule is COc1ccc(S(=O)(=O)NC[C@H](C)c2ccccc2)cc1N1C(=O)CCC1=O. The number of rotatable bonds is 7. The fourth-order valence-electron chi connectivity index (χ4n) is 3.07. The Labute approximate surface area is 164 Å². The summed E-state index contributed by atoms with van der Waals surface area (Å²) in [5, 5.41) is 0. The Bertz CT molecular complexity index is 973. The zero-order valence-electron chi connectivity index (χ0n) is 15.7. The molecule has 2 aromatic rings. The van der Waals surface area contributed by atoms with Gasteiger partial charge < -0.3 is 4.74 Å². The molecule has 1 saturated heterocycles. The third kappa shape index (κ3) is 4.07. The van der Waals surface area contributed by atoms with Crippen molar-refractivity contribution < 1.29 is 22.7 Å². The van der Waals surface area contributed by atoms with E-state index < -0.39 is 10.0 Å². The first-order valence-electron chi connectivity index (χ1n) is 8.92. The van der Waals surface area contributed by atoms with Crippen molar-refractivity contribution in [2.75, 3.05) is 18.6 Å². The van der Waals surface area contributed by atoms with Crippen LogP contribution < -0.4 is 14.4 Å². The monoisotopic (exact) mass is 402 g/mol. The van der Waals surface area contributed by atoms with E-state index in [0.717, 1.165) is 10.5 Å². The van der Waals surface area contributed by atoms with E-state index in [1.165, 1.54) is 25.3 Å². The summed E-state index contributed by atoms with van der Waals surface area (Å²) < 4.78 is 33.3. The highest BCUT2D eigenvalue weighted by atomic mass is 32.2. The number of nitrogens with one attached hydrogen (secondary N) is 1. The van der Waals surface area contributed by atoms with Gasteiger partial charge in [0.15, 0.2) is 0 Å². The van der Waals surface area contributed by atoms with Crippen LogP contribution in [0.25, 0.3) is 0 Å². The fraction of sp³-hybridized carbons (Fsp3) is 0.300. The van der Waals surface area contributed by atoms with Gasteiger partial charge in [-0.05, 0) is 29.7 Å². The lowest BCUT2D eigenvalue weighted by atomic mass is 10.0. The van der Waals surface area contributed by atoms with Crippen LogP contribution in [0.15, 0.2) is 53.4 Å². The summed E-state index contributed by atoms with van der Waals surface area (Å²) in [4.78, 5) is 25.1. The molecule has 3 rings (SSSR count). The Morgan fingerprint density at radius 2 is 1.71 bits per heavy atom. The highest BCUT2D eigenvalue weighted by Crippen LogP contribution is 2.34. The van der Waals surface area contributed by atoms with Crippen LogP contribution in [-0.2, 0) is 19.6 Å². The number of methoxy groups -OCH3 is 1. The summed E-state index contributed by atoms with van der Waals surface area (Å²) in [6.07, 6.45) is 0.206. The predicted octanol–water partition coefficient (Wildman–Crippen LogP) is 2.43. The second kappa shape index (κ2) is 8.12. The third-order valence-electron chi connectivity index (χ3n) is 4.70. The molecule has 0 unspecified atom stereocenters. The molecule has 0 aliphatic carbocycles. The summed E-state index contributed by atoms with van der Waals surface area (Å²) in [6.45, 7) is 2.15. The molecule has 0 spiro atoms. The molecule has 1 aliphatic heterocycles. The van der Waals surface area contributed by atoms with Crippen molar-refractivity contribution in [3.8, 4) is 5.75 Å². The Balaban J connectivity index is 1.85. The number of benzene rings is 2. The second-order valence-corrected chi connectivity index (χ2v) is 8.39. The molecule has 0 bridgehead atoms. The number of amides is 2. The van der Waals surface area contributed by atoms with E-state index in [4.69, 9.17) is 4.74 Å². The number of imide groups is 1. The van der Waals surface area contributed by atoms with E-state index in [9.17, 15) is 18.0 Å². The van der Waals surface area contributed by atoms with Crippen molar-refractivity contribution in [3.05, 3.63) is 54.1 Å². The quantitative estimate of drug-likeness (QED) is 0.718. The molecule has 1 aliphatic rings. The Hall–Kier alpha value is -2.71. The molecule has 0 aromatic heterocycles. The van der Waals surface area contributed by atoms with Gasteiger partial charge in [-0.1, -0.05) is 37.3 Å². The lowest BCUT2D eigenvalue weighted by Crippen LogP contribution is -2.30. The Morgan fingerprint density at radius 3 is 2.32 bits per heavy atom. The Morgan fingerprint density at radius 1 is 1.07 bits per heavy atom. The molecule has 1 fully saturated rings. The highest BCUT2D eigenvalue weighted by molar-refractivity contribution is 7.89. The zero-order valence-corrected chi connectivity index (χ0v) is 16.5. The maximum absolute atomic E-state index is 12.8. The lowest BCUT2D eigenvalue weighted by molar-refractivity contribution is -0.121. The molecule has 2 amide bonds. The maximum atomic E-state index is 12.8. The van der Waals surface area contributed by atoms with Crippen molar-refractivity contribution in [3.63, 3.8) is 0 Å². The summed E-state index contributed by atoms with van der Waals surface area (Å²) in [5.41, 5.74) is 1.17. The van der Waals surface area contributed by atoms with Gasteiger partial charge in [-0.15, -0.1) is 0 Å². The molecule has 2 aromatic carbocycles. The first-order chi connectivity index (χ1) is 13.3. The van der Waals surface area contributed by atoms with Crippen LogP contribution in [0.2, 0.25) is 0 Å². The van der Waals surface area contributed by atoms with E-state index in [1.807, 2.05) is 37.3 Å². The highest BCUT2D eigenvalue weighted by Gasteiger charge is 2.33. The molecule has 0 saturated carbocycles. The van der Waals surface area contributed by atoms with E-state index in [1.54, 1.807) is 0 Å². The van der Waals surface area contributed by atoms with Crippen LogP contribution >= 0.6 is 0 Å². The minimum atomic E-state index is -3.83. The summed E-state index contributed by atoms with van der Waals surface area (Å²) >= 11 is 0. The smallest absolute Gasteiger partial charge is 0.240 e. The number of sulfonamides is 1. The molecule has 1 heterocycles. The van der Waals surface area contributed by atoms with Gasteiger partial charge in [0.2, 0.25) is 21.8 Å². The van der Waals surface area contributed by atoms with Gasteiger partial charge in [-0.2, -0.15) is 0 Å². The first-order valence-corrected chi connectivity index (χ1v) is 10.4. The van der Waals surface area contributed by atoms with Gasteiger partial charge in [0.25, 0.3) is 0 Å². The predicted molar refractivity (Wildman–Crippen MR) is 105 cm³/mol. The molecular formula is C20H22N2O5S. The average Bonchev–Trinajstić information content (AvgIpc) is 3.04. The molecule has 1 N–H and O–H groups in total. The van der Waals surface area contributed by atoms with Crippen molar-refractivity contribution in [2.24, 2.45) is 0 Å². The molecule has 8 heteroatoms. The van der Waals surface area contributed by atoms with Crippen LogP contribution in [0, 0.1) is 0 Å².